The van der Waals surface area contributed by atoms with Gasteiger partial charge in [-0.2, -0.15) is 5.10 Å². The van der Waals surface area contributed by atoms with E-state index in [0.29, 0.717) is 16.3 Å². The Bertz CT molecular complexity index is 1020. The summed E-state index contributed by atoms with van der Waals surface area (Å²) in [5, 5.41) is 10.2. The van der Waals surface area contributed by atoms with Crippen LogP contribution in [0.5, 0.6) is 0 Å². The number of hydrogen-bond donors (Lipinski definition) is 2. The SMILES string of the molecule is C#CCNC(=O)CNC(=O)c1cn(-c2ccccc2)nc1-c1ccc(Cl)cc1. The molecule has 0 unspecified atom stereocenters. The molecular formula is C21H17ClN4O2. The van der Waals surface area contributed by atoms with Gasteiger partial charge in [0.15, 0.2) is 0 Å². The van der Waals surface area contributed by atoms with Crippen molar-refractivity contribution in [3.05, 3.63) is 71.4 Å². The predicted octanol–water partition coefficient (Wildman–Crippen LogP) is 2.67. The highest BCUT2D eigenvalue weighted by molar-refractivity contribution is 6.30. The Kier molecular flexibility index (Phi) is 6.10. The molecule has 0 saturated carbocycles. The first-order chi connectivity index (χ1) is 13.6. The topological polar surface area (TPSA) is 76.0 Å². The summed E-state index contributed by atoms with van der Waals surface area (Å²) < 4.78 is 1.62. The van der Waals surface area contributed by atoms with Crippen molar-refractivity contribution in [1.82, 2.24) is 20.4 Å². The molecule has 0 aliphatic heterocycles. The number of nitrogens with zero attached hydrogens (tertiary/aromatic N) is 2. The maximum absolute atomic E-state index is 12.7. The summed E-state index contributed by atoms with van der Waals surface area (Å²) in [7, 11) is 0. The molecule has 28 heavy (non-hydrogen) atoms. The summed E-state index contributed by atoms with van der Waals surface area (Å²) in [6.45, 7) is -0.0756. The van der Waals surface area contributed by atoms with Gasteiger partial charge in [-0.3, -0.25) is 9.59 Å². The molecule has 3 rings (SSSR count). The van der Waals surface area contributed by atoms with Crippen molar-refractivity contribution in [3.8, 4) is 29.3 Å². The third-order valence-corrected chi connectivity index (χ3v) is 4.15. The van der Waals surface area contributed by atoms with E-state index >= 15 is 0 Å². The molecule has 0 aliphatic rings. The first kappa shape index (κ1) is 19.2. The fraction of sp³-hybridized carbons (Fsp3) is 0.0952. The van der Waals surface area contributed by atoms with Crippen molar-refractivity contribution in [1.29, 1.82) is 0 Å². The highest BCUT2D eigenvalue weighted by atomic mass is 35.5. The van der Waals surface area contributed by atoms with Crippen molar-refractivity contribution in [2.24, 2.45) is 0 Å². The van der Waals surface area contributed by atoms with E-state index in [-0.39, 0.29) is 19.0 Å². The van der Waals surface area contributed by atoms with Gasteiger partial charge < -0.3 is 10.6 Å². The van der Waals surface area contributed by atoms with Gasteiger partial charge in [0.05, 0.1) is 24.3 Å². The first-order valence-electron chi connectivity index (χ1n) is 8.48. The van der Waals surface area contributed by atoms with Gasteiger partial charge in [0, 0.05) is 16.8 Å². The Balaban J connectivity index is 1.90. The molecule has 3 aromatic rings. The molecule has 6 nitrogen and oxygen atoms in total. The van der Waals surface area contributed by atoms with E-state index in [9.17, 15) is 9.59 Å². The van der Waals surface area contributed by atoms with Gasteiger partial charge in [-0.25, -0.2) is 4.68 Å². The number of terminal acetylenes is 1. The number of halogens is 1. The summed E-state index contributed by atoms with van der Waals surface area (Å²) in [4.78, 5) is 24.4. The van der Waals surface area contributed by atoms with Crippen molar-refractivity contribution in [2.75, 3.05) is 13.1 Å². The molecule has 0 radical (unpaired) electrons. The Morgan fingerprint density at radius 3 is 2.46 bits per heavy atom. The second-order valence-electron chi connectivity index (χ2n) is 5.84. The Labute approximate surface area is 167 Å². The molecule has 0 spiro atoms. The van der Waals surface area contributed by atoms with E-state index < -0.39 is 5.91 Å². The monoisotopic (exact) mass is 392 g/mol. The molecule has 1 heterocycles. The Morgan fingerprint density at radius 1 is 1.07 bits per heavy atom. The number of para-hydroxylation sites is 1. The highest BCUT2D eigenvalue weighted by Crippen LogP contribution is 2.25. The lowest BCUT2D eigenvalue weighted by Gasteiger charge is -2.05. The predicted molar refractivity (Wildman–Crippen MR) is 108 cm³/mol. The van der Waals surface area contributed by atoms with Gasteiger partial charge in [-0.05, 0) is 24.3 Å². The summed E-state index contributed by atoms with van der Waals surface area (Å²) in [6, 6.07) is 16.5. The summed E-state index contributed by atoms with van der Waals surface area (Å²) >= 11 is 5.97. The van der Waals surface area contributed by atoms with Crippen molar-refractivity contribution in [2.45, 2.75) is 0 Å². The maximum Gasteiger partial charge on any atom is 0.255 e. The summed E-state index contributed by atoms with van der Waals surface area (Å²) in [5.41, 5.74) is 2.38. The largest absolute Gasteiger partial charge is 0.344 e. The molecule has 140 valence electrons. The number of amides is 2. The van der Waals surface area contributed by atoms with Crippen LogP contribution in [0.2, 0.25) is 5.02 Å². The van der Waals surface area contributed by atoms with Crippen LogP contribution in [0.3, 0.4) is 0 Å². The molecule has 2 aromatic carbocycles. The molecule has 0 aliphatic carbocycles. The van der Waals surface area contributed by atoms with Crippen LogP contribution in [0.25, 0.3) is 16.9 Å². The number of aromatic nitrogens is 2. The van der Waals surface area contributed by atoms with E-state index in [2.05, 4.69) is 21.7 Å². The number of carbonyl (C=O) groups excluding carboxylic acids is 2. The summed E-state index contributed by atoms with van der Waals surface area (Å²) in [6.07, 6.45) is 6.74. The minimum Gasteiger partial charge on any atom is -0.344 e. The minimum atomic E-state index is -0.414. The Morgan fingerprint density at radius 2 is 1.79 bits per heavy atom. The maximum atomic E-state index is 12.7. The number of rotatable bonds is 6. The smallest absolute Gasteiger partial charge is 0.255 e. The van der Waals surface area contributed by atoms with Gasteiger partial charge in [-0.15, -0.1) is 6.42 Å². The van der Waals surface area contributed by atoms with E-state index in [4.69, 9.17) is 18.0 Å². The number of nitrogens with one attached hydrogen (secondary N) is 2. The fourth-order valence-electron chi connectivity index (χ4n) is 2.54. The van der Waals surface area contributed by atoms with Crippen LogP contribution in [0.15, 0.2) is 60.8 Å². The highest BCUT2D eigenvalue weighted by Gasteiger charge is 2.19. The molecular weight excluding hydrogens is 376 g/mol. The standard InChI is InChI=1S/C21H17ClN4O2/c1-2-12-23-19(27)13-24-21(28)18-14-26(17-6-4-3-5-7-17)25-20(18)15-8-10-16(22)11-9-15/h1,3-11,14H,12-13H2,(H,23,27)(H,24,28). The number of benzene rings is 2. The van der Waals surface area contributed by atoms with Crippen LogP contribution in [0, 0.1) is 12.3 Å². The zero-order valence-corrected chi connectivity index (χ0v) is 15.6. The molecule has 2 N–H and O–H groups in total. The van der Waals surface area contributed by atoms with E-state index in [0.717, 1.165) is 11.3 Å². The lowest BCUT2D eigenvalue weighted by atomic mass is 10.1. The lowest BCUT2D eigenvalue weighted by molar-refractivity contribution is -0.119. The van der Waals surface area contributed by atoms with E-state index in [1.165, 1.54) is 0 Å². The van der Waals surface area contributed by atoms with Crippen molar-refractivity contribution < 1.29 is 9.59 Å². The fourth-order valence-corrected chi connectivity index (χ4v) is 2.67. The number of carbonyl (C=O) groups is 2. The molecule has 0 atom stereocenters. The Hall–Kier alpha value is -3.56. The summed E-state index contributed by atoms with van der Waals surface area (Å²) in [5.74, 6) is 1.53. The van der Waals surface area contributed by atoms with Crippen molar-refractivity contribution >= 4 is 23.4 Å². The van der Waals surface area contributed by atoms with Crippen LogP contribution in [0.1, 0.15) is 10.4 Å². The average molecular weight is 393 g/mol. The van der Waals surface area contributed by atoms with Crippen molar-refractivity contribution in [3.63, 3.8) is 0 Å². The van der Waals surface area contributed by atoms with Crippen LogP contribution < -0.4 is 10.6 Å². The molecule has 7 heteroatoms. The zero-order chi connectivity index (χ0) is 19.9. The average Bonchev–Trinajstić information content (AvgIpc) is 3.17. The van der Waals surface area contributed by atoms with Gasteiger partial charge in [0.1, 0.15) is 5.69 Å². The minimum absolute atomic E-state index is 0.108. The van der Waals surface area contributed by atoms with E-state index in [1.54, 1.807) is 35.1 Å². The second kappa shape index (κ2) is 8.89. The third-order valence-electron chi connectivity index (χ3n) is 3.89. The van der Waals surface area contributed by atoms with Crippen LogP contribution in [-0.4, -0.2) is 34.7 Å². The van der Waals surface area contributed by atoms with Crippen LogP contribution >= 0.6 is 11.6 Å². The number of hydrogen-bond acceptors (Lipinski definition) is 3. The zero-order valence-electron chi connectivity index (χ0n) is 14.9. The molecule has 0 saturated heterocycles. The lowest BCUT2D eigenvalue weighted by Crippen LogP contribution is -2.37. The molecule has 2 amide bonds. The van der Waals surface area contributed by atoms with Gasteiger partial charge in [0.25, 0.3) is 5.91 Å². The van der Waals surface area contributed by atoms with Crippen LogP contribution in [-0.2, 0) is 4.79 Å². The second-order valence-corrected chi connectivity index (χ2v) is 6.28. The third kappa shape index (κ3) is 4.58. The van der Waals surface area contributed by atoms with E-state index in [1.807, 2.05) is 30.3 Å². The van der Waals surface area contributed by atoms with Gasteiger partial charge >= 0.3 is 0 Å². The molecule has 1 aromatic heterocycles. The first-order valence-corrected chi connectivity index (χ1v) is 8.85. The molecule has 0 fully saturated rings. The quantitative estimate of drug-likeness (QED) is 0.633. The van der Waals surface area contributed by atoms with Crippen LogP contribution in [0.4, 0.5) is 0 Å². The van der Waals surface area contributed by atoms with Gasteiger partial charge in [0.2, 0.25) is 5.91 Å². The van der Waals surface area contributed by atoms with Gasteiger partial charge in [-0.1, -0.05) is 47.9 Å². The molecule has 0 bridgehead atoms. The normalized spacial score (nSPS) is 10.1.